The molecule has 4 nitrogen and oxygen atoms in total. The molecule has 0 saturated heterocycles. The topological polar surface area (TPSA) is 49.4 Å². The average molecular weight is 248 g/mol. The summed E-state index contributed by atoms with van der Waals surface area (Å²) < 4.78 is 0. The second kappa shape index (κ2) is 6.79. The molecule has 0 radical (unpaired) electrons. The highest BCUT2D eigenvalue weighted by atomic mass is 16.2. The summed E-state index contributed by atoms with van der Waals surface area (Å²) in [6, 6.07) is 9.61. The first-order chi connectivity index (χ1) is 8.56. The van der Waals surface area contributed by atoms with Crippen LogP contribution >= 0.6 is 0 Å². The van der Waals surface area contributed by atoms with Crippen LogP contribution in [-0.2, 0) is 9.59 Å². The second-order valence-electron chi connectivity index (χ2n) is 4.38. The predicted molar refractivity (Wildman–Crippen MR) is 71.2 cm³/mol. The highest BCUT2D eigenvalue weighted by Crippen LogP contribution is 2.18. The molecular weight excluding hydrogens is 228 g/mol. The Hall–Kier alpha value is -1.84. The van der Waals surface area contributed by atoms with Crippen LogP contribution in [0, 0.1) is 0 Å². The van der Waals surface area contributed by atoms with Gasteiger partial charge in [-0.15, -0.1) is 0 Å². The van der Waals surface area contributed by atoms with Crippen LogP contribution < -0.4 is 5.32 Å². The van der Waals surface area contributed by atoms with Crippen molar-refractivity contribution in [3.05, 3.63) is 35.9 Å². The fraction of sp³-hybridized carbons (Fsp3) is 0.429. The van der Waals surface area contributed by atoms with E-state index in [2.05, 4.69) is 5.32 Å². The first kappa shape index (κ1) is 14.2. The minimum atomic E-state index is -0.193. The number of benzene rings is 1. The Balaban J connectivity index is 2.61. The lowest BCUT2D eigenvalue weighted by Crippen LogP contribution is -2.38. The van der Waals surface area contributed by atoms with Crippen molar-refractivity contribution in [1.29, 1.82) is 0 Å². The van der Waals surface area contributed by atoms with Crippen molar-refractivity contribution < 1.29 is 9.59 Å². The van der Waals surface area contributed by atoms with Crippen molar-refractivity contribution in [2.75, 3.05) is 20.6 Å². The van der Waals surface area contributed by atoms with Crippen molar-refractivity contribution >= 4 is 11.8 Å². The maximum Gasteiger partial charge on any atom is 0.241 e. The summed E-state index contributed by atoms with van der Waals surface area (Å²) in [7, 11) is 3.34. The standard InChI is InChI=1S/C14H20N2O2/c1-4-12(11-8-6-5-7-9-11)14(18)15-10-13(17)16(2)3/h5-9,12H,4,10H2,1-3H3,(H,15,18). The highest BCUT2D eigenvalue weighted by Gasteiger charge is 2.18. The Kier molecular flexibility index (Phi) is 5.36. The number of hydrogen-bond acceptors (Lipinski definition) is 2. The van der Waals surface area contributed by atoms with Crippen LogP contribution in [0.5, 0.6) is 0 Å². The molecule has 0 heterocycles. The summed E-state index contributed by atoms with van der Waals surface area (Å²) in [5.74, 6) is -0.397. The number of carbonyl (C=O) groups excluding carboxylic acids is 2. The number of amides is 2. The largest absolute Gasteiger partial charge is 0.347 e. The van der Waals surface area contributed by atoms with Gasteiger partial charge in [-0.2, -0.15) is 0 Å². The fourth-order valence-corrected chi connectivity index (χ4v) is 1.70. The monoisotopic (exact) mass is 248 g/mol. The van der Waals surface area contributed by atoms with E-state index in [4.69, 9.17) is 0 Å². The molecule has 1 aromatic carbocycles. The molecule has 0 spiro atoms. The lowest BCUT2D eigenvalue weighted by Gasteiger charge is -2.16. The van der Waals surface area contributed by atoms with Gasteiger partial charge in [0, 0.05) is 14.1 Å². The number of nitrogens with one attached hydrogen (secondary N) is 1. The van der Waals surface area contributed by atoms with Crippen LogP contribution in [0.15, 0.2) is 30.3 Å². The van der Waals surface area contributed by atoms with Gasteiger partial charge in [0.05, 0.1) is 12.5 Å². The molecule has 4 heteroatoms. The van der Waals surface area contributed by atoms with Gasteiger partial charge < -0.3 is 10.2 Å². The number of likely N-dealkylation sites (N-methyl/N-ethyl adjacent to an activating group) is 1. The van der Waals surface area contributed by atoms with Gasteiger partial charge in [-0.05, 0) is 12.0 Å². The normalized spacial score (nSPS) is 11.7. The van der Waals surface area contributed by atoms with Crippen molar-refractivity contribution in [1.82, 2.24) is 10.2 Å². The molecule has 18 heavy (non-hydrogen) atoms. The molecule has 1 unspecified atom stereocenters. The molecule has 1 aromatic rings. The van der Waals surface area contributed by atoms with Crippen LogP contribution in [0.4, 0.5) is 0 Å². The van der Waals surface area contributed by atoms with E-state index in [0.717, 1.165) is 5.56 Å². The van der Waals surface area contributed by atoms with Gasteiger partial charge in [-0.1, -0.05) is 37.3 Å². The summed E-state index contributed by atoms with van der Waals surface area (Å²) in [6.07, 6.45) is 0.714. The molecule has 1 atom stereocenters. The van der Waals surface area contributed by atoms with Gasteiger partial charge >= 0.3 is 0 Å². The molecule has 0 fully saturated rings. The fourth-order valence-electron chi connectivity index (χ4n) is 1.70. The number of carbonyl (C=O) groups is 2. The maximum absolute atomic E-state index is 12.0. The van der Waals surface area contributed by atoms with Gasteiger partial charge in [-0.3, -0.25) is 9.59 Å². The molecule has 0 bridgehead atoms. The maximum atomic E-state index is 12.0. The Bertz CT molecular complexity index is 402. The van der Waals surface area contributed by atoms with E-state index < -0.39 is 0 Å². The van der Waals surface area contributed by atoms with Crippen LogP contribution in [-0.4, -0.2) is 37.4 Å². The molecule has 0 aliphatic heterocycles. The van der Waals surface area contributed by atoms with Crippen molar-refractivity contribution in [2.45, 2.75) is 19.3 Å². The molecule has 0 saturated carbocycles. The van der Waals surface area contributed by atoms with Gasteiger partial charge in [0.15, 0.2) is 0 Å². The molecular formula is C14H20N2O2. The quantitative estimate of drug-likeness (QED) is 0.856. The third-order valence-electron chi connectivity index (χ3n) is 2.84. The SMILES string of the molecule is CCC(C(=O)NCC(=O)N(C)C)c1ccccc1. The number of hydrogen-bond donors (Lipinski definition) is 1. The first-order valence-electron chi connectivity index (χ1n) is 6.09. The smallest absolute Gasteiger partial charge is 0.241 e. The third kappa shape index (κ3) is 3.87. The molecule has 0 aliphatic carbocycles. The van der Waals surface area contributed by atoms with Gasteiger partial charge in [-0.25, -0.2) is 0 Å². The molecule has 98 valence electrons. The summed E-state index contributed by atoms with van der Waals surface area (Å²) in [6.45, 7) is 2.01. The summed E-state index contributed by atoms with van der Waals surface area (Å²) in [5, 5.41) is 2.68. The van der Waals surface area contributed by atoms with Gasteiger partial charge in [0.1, 0.15) is 0 Å². The third-order valence-corrected chi connectivity index (χ3v) is 2.84. The molecule has 2 amide bonds. The van der Waals surface area contributed by atoms with E-state index in [1.54, 1.807) is 14.1 Å². The summed E-state index contributed by atoms with van der Waals surface area (Å²) >= 11 is 0. The van der Waals surface area contributed by atoms with Crippen LogP contribution in [0.3, 0.4) is 0 Å². The van der Waals surface area contributed by atoms with E-state index in [1.165, 1.54) is 4.90 Å². The van der Waals surface area contributed by atoms with Crippen LogP contribution in [0.25, 0.3) is 0 Å². The van der Waals surface area contributed by atoms with Gasteiger partial charge in [0.25, 0.3) is 0 Å². The number of nitrogens with zero attached hydrogens (tertiary/aromatic N) is 1. The molecule has 0 aliphatic rings. The summed E-state index contributed by atoms with van der Waals surface area (Å²) in [4.78, 5) is 24.9. The van der Waals surface area contributed by atoms with E-state index in [-0.39, 0.29) is 24.3 Å². The lowest BCUT2D eigenvalue weighted by atomic mass is 9.96. The zero-order valence-corrected chi connectivity index (χ0v) is 11.1. The molecule has 1 N–H and O–H groups in total. The summed E-state index contributed by atoms with van der Waals surface area (Å²) in [5.41, 5.74) is 0.981. The predicted octanol–water partition coefficient (Wildman–Crippen LogP) is 1.38. The Morgan fingerprint density at radius 1 is 1.22 bits per heavy atom. The minimum Gasteiger partial charge on any atom is -0.347 e. The van der Waals surface area contributed by atoms with E-state index in [9.17, 15) is 9.59 Å². The second-order valence-corrected chi connectivity index (χ2v) is 4.38. The Morgan fingerprint density at radius 2 is 1.83 bits per heavy atom. The van der Waals surface area contributed by atoms with Crippen molar-refractivity contribution in [2.24, 2.45) is 0 Å². The van der Waals surface area contributed by atoms with E-state index in [0.29, 0.717) is 6.42 Å². The lowest BCUT2D eigenvalue weighted by molar-refractivity contribution is -0.131. The zero-order chi connectivity index (χ0) is 13.5. The first-order valence-corrected chi connectivity index (χ1v) is 6.09. The zero-order valence-electron chi connectivity index (χ0n) is 11.1. The molecule has 0 aromatic heterocycles. The van der Waals surface area contributed by atoms with Crippen molar-refractivity contribution in [3.63, 3.8) is 0 Å². The Labute approximate surface area is 108 Å². The van der Waals surface area contributed by atoms with Crippen LogP contribution in [0.1, 0.15) is 24.8 Å². The van der Waals surface area contributed by atoms with E-state index in [1.807, 2.05) is 37.3 Å². The minimum absolute atomic E-state index is 0.0508. The number of rotatable bonds is 5. The highest BCUT2D eigenvalue weighted by molar-refractivity contribution is 5.88. The molecule has 1 rings (SSSR count). The Morgan fingerprint density at radius 3 is 2.33 bits per heavy atom. The van der Waals surface area contributed by atoms with Gasteiger partial charge in [0.2, 0.25) is 11.8 Å². The van der Waals surface area contributed by atoms with E-state index >= 15 is 0 Å². The van der Waals surface area contributed by atoms with Crippen molar-refractivity contribution in [3.8, 4) is 0 Å². The average Bonchev–Trinajstić information content (AvgIpc) is 2.38. The van der Waals surface area contributed by atoms with Crippen LogP contribution in [0.2, 0.25) is 0 Å².